The van der Waals surface area contributed by atoms with Gasteiger partial charge in [-0.1, -0.05) is 6.07 Å². The van der Waals surface area contributed by atoms with Gasteiger partial charge < -0.3 is 9.73 Å². The third kappa shape index (κ3) is 3.53. The highest BCUT2D eigenvalue weighted by atomic mass is 127. The van der Waals surface area contributed by atoms with Crippen molar-refractivity contribution in [3.63, 3.8) is 0 Å². The fourth-order valence-electron chi connectivity index (χ4n) is 1.81. The molecule has 0 saturated carbocycles. The Morgan fingerprint density at radius 3 is 2.70 bits per heavy atom. The van der Waals surface area contributed by atoms with Crippen LogP contribution in [0.5, 0.6) is 0 Å². The molecule has 0 unspecified atom stereocenters. The van der Waals surface area contributed by atoms with Crippen LogP contribution in [0.4, 0.5) is 5.69 Å². The molecule has 20 heavy (non-hydrogen) atoms. The molecule has 2 rings (SSSR count). The predicted octanol–water partition coefficient (Wildman–Crippen LogP) is 2.71. The molecule has 1 aromatic carbocycles. The van der Waals surface area contributed by atoms with Crippen molar-refractivity contribution in [2.75, 3.05) is 11.8 Å². The van der Waals surface area contributed by atoms with Crippen LogP contribution in [0.2, 0.25) is 0 Å². The molecule has 0 aliphatic carbocycles. The van der Waals surface area contributed by atoms with Crippen LogP contribution in [0.1, 0.15) is 11.5 Å². The maximum Gasteiger partial charge on any atom is 0.265 e. The number of nitrogens with one attached hydrogen (secondary N) is 2. The first-order valence-electron chi connectivity index (χ1n) is 5.94. The molecule has 0 spiro atoms. The summed E-state index contributed by atoms with van der Waals surface area (Å²) in [6.07, 6.45) is 0. The molecule has 0 bridgehead atoms. The molecule has 1 heterocycles. The fourth-order valence-corrected chi connectivity index (χ4v) is 3.61. The number of furan rings is 1. The number of benzene rings is 1. The van der Waals surface area contributed by atoms with Gasteiger partial charge in [0.1, 0.15) is 16.4 Å². The molecule has 0 radical (unpaired) electrons. The van der Waals surface area contributed by atoms with Gasteiger partial charge in [-0.3, -0.25) is 4.72 Å². The van der Waals surface area contributed by atoms with Crippen LogP contribution >= 0.6 is 22.6 Å². The average molecular weight is 406 g/mol. The second kappa shape index (κ2) is 6.15. The van der Waals surface area contributed by atoms with Crippen molar-refractivity contribution in [1.82, 2.24) is 5.32 Å². The summed E-state index contributed by atoms with van der Waals surface area (Å²) in [5, 5.41) is 2.92. The maximum absolute atomic E-state index is 12.4. The lowest BCUT2D eigenvalue weighted by atomic mass is 10.3. The SMILES string of the molecule is CNCc1cc(S(=O)(=O)Nc2cccc(I)c2)c(C)o1. The zero-order chi connectivity index (χ0) is 14.8. The topological polar surface area (TPSA) is 71.3 Å². The van der Waals surface area contributed by atoms with Crippen molar-refractivity contribution in [3.05, 3.63) is 45.4 Å². The van der Waals surface area contributed by atoms with Crippen molar-refractivity contribution in [3.8, 4) is 0 Å². The van der Waals surface area contributed by atoms with Crippen LogP contribution in [-0.2, 0) is 16.6 Å². The van der Waals surface area contributed by atoms with E-state index < -0.39 is 10.0 Å². The van der Waals surface area contributed by atoms with E-state index >= 15 is 0 Å². The van der Waals surface area contributed by atoms with Crippen LogP contribution in [0.15, 0.2) is 39.6 Å². The van der Waals surface area contributed by atoms with Gasteiger partial charge in [-0.15, -0.1) is 0 Å². The van der Waals surface area contributed by atoms with Gasteiger partial charge in [0.15, 0.2) is 0 Å². The first kappa shape index (κ1) is 15.3. The van der Waals surface area contributed by atoms with Gasteiger partial charge in [-0.05, 0) is 54.8 Å². The third-order valence-corrected chi connectivity index (χ3v) is 4.80. The third-order valence-electron chi connectivity index (χ3n) is 2.64. The molecule has 2 N–H and O–H groups in total. The largest absolute Gasteiger partial charge is 0.464 e. The van der Waals surface area contributed by atoms with E-state index in [4.69, 9.17) is 4.42 Å². The Balaban J connectivity index is 2.30. The standard InChI is InChI=1S/C13H15IN2O3S/c1-9-13(7-12(19-9)8-15-2)20(17,18)16-11-5-3-4-10(14)6-11/h3-7,15-16H,8H2,1-2H3. The Hall–Kier alpha value is -1.06. The molecule has 1 aromatic heterocycles. The summed E-state index contributed by atoms with van der Waals surface area (Å²) in [5.74, 6) is 0.974. The van der Waals surface area contributed by atoms with Crippen LogP contribution in [0, 0.1) is 10.5 Å². The zero-order valence-electron chi connectivity index (χ0n) is 11.1. The molecule has 5 nitrogen and oxygen atoms in total. The molecule has 7 heteroatoms. The Morgan fingerprint density at radius 1 is 1.30 bits per heavy atom. The minimum Gasteiger partial charge on any atom is -0.464 e. The quantitative estimate of drug-likeness (QED) is 0.750. The van der Waals surface area contributed by atoms with Crippen LogP contribution < -0.4 is 10.0 Å². The molecule has 0 fully saturated rings. The summed E-state index contributed by atoms with van der Waals surface area (Å²) in [7, 11) is -1.86. The molecule has 0 amide bonds. The van der Waals surface area contributed by atoms with Gasteiger partial charge in [0.25, 0.3) is 10.0 Å². The van der Waals surface area contributed by atoms with Crippen LogP contribution in [0.3, 0.4) is 0 Å². The van der Waals surface area contributed by atoms with E-state index in [2.05, 4.69) is 32.6 Å². The van der Waals surface area contributed by atoms with E-state index in [0.29, 0.717) is 23.8 Å². The van der Waals surface area contributed by atoms with E-state index in [1.54, 1.807) is 38.2 Å². The number of anilines is 1. The summed E-state index contributed by atoms with van der Waals surface area (Å²) in [6.45, 7) is 2.13. The van der Waals surface area contributed by atoms with E-state index in [9.17, 15) is 8.42 Å². The normalized spacial score (nSPS) is 11.6. The van der Waals surface area contributed by atoms with Crippen LogP contribution in [-0.4, -0.2) is 15.5 Å². The van der Waals surface area contributed by atoms with E-state index in [1.807, 2.05) is 6.07 Å². The Kier molecular flexibility index (Phi) is 4.71. The highest BCUT2D eigenvalue weighted by Crippen LogP contribution is 2.23. The smallest absolute Gasteiger partial charge is 0.265 e. The fraction of sp³-hybridized carbons (Fsp3) is 0.231. The van der Waals surface area contributed by atoms with Gasteiger partial charge in [-0.25, -0.2) is 8.42 Å². The van der Waals surface area contributed by atoms with Gasteiger partial charge in [0.05, 0.1) is 6.54 Å². The molecule has 108 valence electrons. The van der Waals surface area contributed by atoms with Gasteiger partial charge in [0, 0.05) is 15.3 Å². The predicted molar refractivity (Wildman–Crippen MR) is 86.2 cm³/mol. The van der Waals surface area contributed by atoms with Crippen molar-refractivity contribution in [1.29, 1.82) is 0 Å². The minimum absolute atomic E-state index is 0.168. The lowest BCUT2D eigenvalue weighted by molar-refractivity contribution is 0.466. The highest BCUT2D eigenvalue weighted by molar-refractivity contribution is 14.1. The number of aryl methyl sites for hydroxylation is 1. The summed E-state index contributed by atoms with van der Waals surface area (Å²) >= 11 is 2.13. The zero-order valence-corrected chi connectivity index (χ0v) is 14.1. The van der Waals surface area contributed by atoms with Crippen molar-refractivity contribution in [2.24, 2.45) is 0 Å². The number of rotatable bonds is 5. The average Bonchev–Trinajstić information content (AvgIpc) is 2.71. The number of halogens is 1. The van der Waals surface area contributed by atoms with E-state index in [1.165, 1.54) is 0 Å². The van der Waals surface area contributed by atoms with Crippen molar-refractivity contribution >= 4 is 38.3 Å². The molecule has 0 aliphatic rings. The number of hydrogen-bond donors (Lipinski definition) is 2. The van der Waals surface area contributed by atoms with Gasteiger partial charge in [-0.2, -0.15) is 0 Å². The van der Waals surface area contributed by atoms with Crippen molar-refractivity contribution < 1.29 is 12.8 Å². The highest BCUT2D eigenvalue weighted by Gasteiger charge is 2.21. The maximum atomic E-state index is 12.4. The first-order chi connectivity index (χ1) is 9.42. The second-order valence-corrected chi connectivity index (χ2v) is 7.18. The summed E-state index contributed by atoms with van der Waals surface area (Å²) < 4.78 is 33.7. The summed E-state index contributed by atoms with van der Waals surface area (Å²) in [6, 6.07) is 8.72. The van der Waals surface area contributed by atoms with E-state index in [0.717, 1.165) is 3.57 Å². The Labute approximate surface area is 131 Å². The number of hydrogen-bond acceptors (Lipinski definition) is 4. The number of sulfonamides is 1. The Morgan fingerprint density at radius 2 is 2.05 bits per heavy atom. The molecule has 0 atom stereocenters. The Bertz CT molecular complexity index is 710. The monoisotopic (exact) mass is 406 g/mol. The van der Waals surface area contributed by atoms with Crippen molar-refractivity contribution in [2.45, 2.75) is 18.4 Å². The minimum atomic E-state index is -3.63. The lowest BCUT2D eigenvalue weighted by Crippen LogP contribution is -2.13. The van der Waals surface area contributed by atoms with E-state index in [-0.39, 0.29) is 4.90 Å². The van der Waals surface area contributed by atoms with Gasteiger partial charge >= 0.3 is 0 Å². The molecular formula is C13H15IN2O3S. The summed E-state index contributed by atoms with van der Waals surface area (Å²) in [4.78, 5) is 0.168. The molecule has 0 saturated heterocycles. The molecule has 0 aliphatic heterocycles. The summed E-state index contributed by atoms with van der Waals surface area (Å²) in [5.41, 5.74) is 0.535. The first-order valence-corrected chi connectivity index (χ1v) is 8.51. The molecule has 2 aromatic rings. The second-order valence-electron chi connectivity index (χ2n) is 4.28. The van der Waals surface area contributed by atoms with Crippen LogP contribution in [0.25, 0.3) is 0 Å². The molecular weight excluding hydrogens is 391 g/mol. The lowest BCUT2D eigenvalue weighted by Gasteiger charge is -2.07. The van der Waals surface area contributed by atoms with Gasteiger partial charge in [0.2, 0.25) is 0 Å².